The number of anilines is 2. The van der Waals surface area contributed by atoms with E-state index >= 15 is 0 Å². The third kappa shape index (κ3) is 2.44. The number of nitrogens with two attached hydrogens (primary N) is 1. The molecule has 0 aliphatic carbocycles. The SMILES string of the molecule is CCN(Cc1ccc(N)cc1)c1ncnc2ccsc12. The highest BCUT2D eigenvalue weighted by Gasteiger charge is 2.12. The summed E-state index contributed by atoms with van der Waals surface area (Å²) in [6.45, 7) is 3.86. The van der Waals surface area contributed by atoms with Crippen molar-refractivity contribution in [3.63, 3.8) is 0 Å². The zero-order chi connectivity index (χ0) is 13.9. The van der Waals surface area contributed by atoms with Crippen molar-refractivity contribution in [1.82, 2.24) is 9.97 Å². The molecule has 0 aliphatic rings. The largest absolute Gasteiger partial charge is 0.399 e. The summed E-state index contributed by atoms with van der Waals surface area (Å²) in [4.78, 5) is 11.0. The fourth-order valence-corrected chi connectivity index (χ4v) is 3.04. The predicted octanol–water partition coefficient (Wildman–Crippen LogP) is 3.30. The van der Waals surface area contributed by atoms with E-state index in [-0.39, 0.29) is 0 Å². The lowest BCUT2D eigenvalue weighted by Crippen LogP contribution is -2.23. The van der Waals surface area contributed by atoms with Crippen LogP contribution in [-0.2, 0) is 6.54 Å². The Hall–Kier alpha value is -2.14. The van der Waals surface area contributed by atoms with Gasteiger partial charge >= 0.3 is 0 Å². The minimum Gasteiger partial charge on any atom is -0.399 e. The van der Waals surface area contributed by atoms with E-state index in [1.807, 2.05) is 18.2 Å². The Morgan fingerprint density at radius 2 is 1.95 bits per heavy atom. The van der Waals surface area contributed by atoms with Crippen molar-refractivity contribution >= 4 is 33.1 Å². The Morgan fingerprint density at radius 3 is 2.70 bits per heavy atom. The molecule has 0 aliphatic heterocycles. The number of hydrogen-bond acceptors (Lipinski definition) is 5. The molecule has 2 aromatic heterocycles. The Kier molecular flexibility index (Phi) is 3.52. The summed E-state index contributed by atoms with van der Waals surface area (Å²) in [7, 11) is 0. The molecule has 0 saturated heterocycles. The van der Waals surface area contributed by atoms with Gasteiger partial charge in [-0.15, -0.1) is 11.3 Å². The average molecular weight is 284 g/mol. The van der Waals surface area contributed by atoms with Crippen LogP contribution < -0.4 is 10.6 Å². The Morgan fingerprint density at radius 1 is 1.15 bits per heavy atom. The number of rotatable bonds is 4. The van der Waals surface area contributed by atoms with E-state index in [9.17, 15) is 0 Å². The van der Waals surface area contributed by atoms with Crippen LogP contribution in [0.5, 0.6) is 0 Å². The zero-order valence-corrected chi connectivity index (χ0v) is 12.1. The second-order valence-corrected chi connectivity index (χ2v) is 5.50. The number of fused-ring (bicyclic) bond motifs is 1. The molecular weight excluding hydrogens is 268 g/mol. The molecule has 0 atom stereocenters. The lowest BCUT2D eigenvalue weighted by molar-refractivity contribution is 0.817. The number of nitrogen functional groups attached to an aromatic ring is 1. The highest BCUT2D eigenvalue weighted by atomic mass is 32.1. The molecule has 2 N–H and O–H groups in total. The molecule has 0 spiro atoms. The fraction of sp³-hybridized carbons (Fsp3) is 0.200. The average Bonchev–Trinajstić information content (AvgIpc) is 2.95. The van der Waals surface area contributed by atoms with Crippen molar-refractivity contribution in [3.8, 4) is 0 Å². The first-order chi connectivity index (χ1) is 9.78. The molecule has 2 heterocycles. The molecule has 5 heteroatoms. The van der Waals surface area contributed by atoms with E-state index in [2.05, 4.69) is 39.3 Å². The molecular formula is C15H16N4S. The smallest absolute Gasteiger partial charge is 0.150 e. The summed E-state index contributed by atoms with van der Waals surface area (Å²) in [5.74, 6) is 1.00. The summed E-state index contributed by atoms with van der Waals surface area (Å²) < 4.78 is 1.14. The Labute approximate surface area is 121 Å². The van der Waals surface area contributed by atoms with Gasteiger partial charge in [0.15, 0.2) is 0 Å². The van der Waals surface area contributed by atoms with E-state index in [0.29, 0.717) is 0 Å². The van der Waals surface area contributed by atoms with E-state index in [1.165, 1.54) is 5.56 Å². The summed E-state index contributed by atoms with van der Waals surface area (Å²) in [5.41, 5.74) is 8.76. The maximum Gasteiger partial charge on any atom is 0.150 e. The third-order valence-corrected chi connectivity index (χ3v) is 4.16. The van der Waals surface area contributed by atoms with Crippen molar-refractivity contribution in [3.05, 3.63) is 47.6 Å². The van der Waals surface area contributed by atoms with Gasteiger partial charge in [0.1, 0.15) is 12.1 Å². The minimum absolute atomic E-state index is 0.791. The van der Waals surface area contributed by atoms with Crippen LogP contribution in [-0.4, -0.2) is 16.5 Å². The van der Waals surface area contributed by atoms with Gasteiger partial charge < -0.3 is 10.6 Å². The van der Waals surface area contributed by atoms with Gasteiger partial charge in [-0.25, -0.2) is 9.97 Å². The van der Waals surface area contributed by atoms with Crippen LogP contribution in [0.2, 0.25) is 0 Å². The number of thiophene rings is 1. The van der Waals surface area contributed by atoms with Crippen LogP contribution in [0.25, 0.3) is 10.2 Å². The van der Waals surface area contributed by atoms with E-state index in [1.54, 1.807) is 17.7 Å². The lowest BCUT2D eigenvalue weighted by Gasteiger charge is -2.22. The summed E-state index contributed by atoms with van der Waals surface area (Å²) in [6.07, 6.45) is 1.63. The molecule has 0 saturated carbocycles. The van der Waals surface area contributed by atoms with Crippen LogP contribution in [0.3, 0.4) is 0 Å². The molecule has 1 aromatic carbocycles. The van der Waals surface area contributed by atoms with Crippen molar-refractivity contribution in [2.45, 2.75) is 13.5 Å². The van der Waals surface area contributed by atoms with E-state index in [4.69, 9.17) is 5.73 Å². The van der Waals surface area contributed by atoms with Gasteiger partial charge in [-0.1, -0.05) is 12.1 Å². The number of nitrogens with zero attached hydrogens (tertiary/aromatic N) is 3. The quantitative estimate of drug-likeness (QED) is 0.747. The molecule has 0 unspecified atom stereocenters. The second kappa shape index (κ2) is 5.46. The highest BCUT2D eigenvalue weighted by molar-refractivity contribution is 7.17. The molecule has 0 bridgehead atoms. The molecule has 20 heavy (non-hydrogen) atoms. The van der Waals surface area contributed by atoms with Crippen LogP contribution in [0, 0.1) is 0 Å². The minimum atomic E-state index is 0.791. The van der Waals surface area contributed by atoms with E-state index < -0.39 is 0 Å². The van der Waals surface area contributed by atoms with Gasteiger partial charge in [0, 0.05) is 18.8 Å². The molecule has 0 amide bonds. The summed E-state index contributed by atoms with van der Waals surface area (Å²) in [6, 6.07) is 10.0. The van der Waals surface area contributed by atoms with Crippen LogP contribution in [0.4, 0.5) is 11.5 Å². The molecule has 0 radical (unpaired) electrons. The van der Waals surface area contributed by atoms with Crippen LogP contribution >= 0.6 is 11.3 Å². The molecule has 3 aromatic rings. The van der Waals surface area contributed by atoms with Gasteiger partial charge in [0.2, 0.25) is 0 Å². The van der Waals surface area contributed by atoms with Crippen molar-refractivity contribution < 1.29 is 0 Å². The Balaban J connectivity index is 1.93. The van der Waals surface area contributed by atoms with Gasteiger partial charge in [0.25, 0.3) is 0 Å². The first-order valence-corrected chi connectivity index (χ1v) is 7.43. The standard InChI is InChI=1S/C15H16N4S/c1-2-19(9-11-3-5-12(16)6-4-11)15-14-13(7-8-20-14)17-10-18-15/h3-8,10H,2,9,16H2,1H3. The molecule has 3 rings (SSSR count). The maximum absolute atomic E-state index is 5.73. The number of aromatic nitrogens is 2. The first-order valence-electron chi connectivity index (χ1n) is 6.55. The molecule has 4 nitrogen and oxygen atoms in total. The topological polar surface area (TPSA) is 55.0 Å². The predicted molar refractivity (Wildman–Crippen MR) is 85.0 cm³/mol. The first kappa shape index (κ1) is 12.9. The molecule has 0 fully saturated rings. The lowest BCUT2D eigenvalue weighted by atomic mass is 10.2. The summed E-state index contributed by atoms with van der Waals surface area (Å²) in [5, 5.41) is 2.06. The van der Waals surface area contributed by atoms with E-state index in [0.717, 1.165) is 34.8 Å². The monoisotopic (exact) mass is 284 g/mol. The Bertz CT molecular complexity index is 705. The van der Waals surface area contributed by atoms with Gasteiger partial charge in [-0.05, 0) is 36.1 Å². The van der Waals surface area contributed by atoms with Crippen LogP contribution in [0.15, 0.2) is 42.0 Å². The second-order valence-electron chi connectivity index (χ2n) is 4.59. The van der Waals surface area contributed by atoms with Crippen molar-refractivity contribution in [1.29, 1.82) is 0 Å². The third-order valence-electron chi connectivity index (χ3n) is 3.26. The summed E-state index contributed by atoms with van der Waals surface area (Å²) >= 11 is 1.68. The molecule has 102 valence electrons. The number of benzene rings is 1. The fourth-order valence-electron chi connectivity index (χ4n) is 2.18. The van der Waals surface area contributed by atoms with Crippen molar-refractivity contribution in [2.75, 3.05) is 17.2 Å². The normalized spacial score (nSPS) is 10.8. The highest BCUT2D eigenvalue weighted by Crippen LogP contribution is 2.28. The van der Waals surface area contributed by atoms with Gasteiger partial charge in [-0.2, -0.15) is 0 Å². The zero-order valence-electron chi connectivity index (χ0n) is 11.3. The van der Waals surface area contributed by atoms with Gasteiger partial charge in [-0.3, -0.25) is 0 Å². The number of hydrogen-bond donors (Lipinski definition) is 1. The van der Waals surface area contributed by atoms with Gasteiger partial charge in [0.05, 0.1) is 10.2 Å². The van der Waals surface area contributed by atoms with Crippen molar-refractivity contribution in [2.24, 2.45) is 0 Å². The maximum atomic E-state index is 5.73. The van der Waals surface area contributed by atoms with Crippen LogP contribution in [0.1, 0.15) is 12.5 Å².